The highest BCUT2D eigenvalue weighted by atomic mass is 16.7. The Labute approximate surface area is 407 Å². The van der Waals surface area contributed by atoms with E-state index in [-0.39, 0.29) is 50.5 Å². The Hall–Kier alpha value is -3.95. The third kappa shape index (κ3) is 15.0. The molecule has 6 unspecified atom stereocenters. The summed E-state index contributed by atoms with van der Waals surface area (Å²) < 4.78 is 43.7. The normalized spacial score (nSPS) is 35.8. The van der Waals surface area contributed by atoms with Crippen molar-refractivity contribution in [2.45, 2.75) is 178 Å². The molecule has 0 radical (unpaired) electrons. The van der Waals surface area contributed by atoms with Gasteiger partial charge in [0.05, 0.1) is 42.4 Å². The van der Waals surface area contributed by atoms with Crippen molar-refractivity contribution in [3.05, 3.63) is 48.2 Å². The molecule has 4 heterocycles. The van der Waals surface area contributed by atoms with Gasteiger partial charge in [-0.1, -0.05) is 51.1 Å². The minimum atomic E-state index is -1.50. The lowest BCUT2D eigenvalue weighted by atomic mass is 9.82. The van der Waals surface area contributed by atoms with Gasteiger partial charge in [-0.3, -0.25) is 19.4 Å². The van der Waals surface area contributed by atoms with E-state index in [9.17, 15) is 34.5 Å². The number of aliphatic hydroxyl groups is 3. The Kier molecular flexibility index (Phi) is 21.1. The zero-order valence-corrected chi connectivity index (χ0v) is 42.1. The molecular weight excluding hydrogens is 893 g/mol. The quantitative estimate of drug-likeness (QED) is 0.147. The van der Waals surface area contributed by atoms with E-state index in [0.29, 0.717) is 25.9 Å². The van der Waals surface area contributed by atoms with E-state index in [0.717, 1.165) is 22.8 Å². The topological polar surface area (TPSA) is 225 Å². The Morgan fingerprint density at radius 3 is 2.36 bits per heavy atom. The van der Waals surface area contributed by atoms with E-state index in [1.54, 1.807) is 59.8 Å². The Morgan fingerprint density at radius 2 is 1.70 bits per heavy atom. The second-order valence-corrected chi connectivity index (χ2v) is 19.6. The second-order valence-electron chi connectivity index (χ2n) is 19.6. The van der Waals surface area contributed by atoms with Gasteiger partial charge in [-0.15, -0.1) is 0 Å². The fourth-order valence-electron chi connectivity index (χ4n) is 9.94. The third-order valence-corrected chi connectivity index (χ3v) is 13.7. The smallest absolute Gasteiger partial charge is 0.305 e. The summed E-state index contributed by atoms with van der Waals surface area (Å²) in [6, 6.07) is 8.66. The lowest BCUT2D eigenvalue weighted by Crippen LogP contribution is -2.66. The molecule has 0 saturated carbocycles. The molecular formula is C51H78N4O14. The van der Waals surface area contributed by atoms with Gasteiger partial charge in [-0.25, -0.2) is 0 Å². The number of nitrogens with zero attached hydrogens (tertiary/aromatic N) is 3. The highest BCUT2D eigenvalue weighted by molar-refractivity contribution is 5.87. The van der Waals surface area contributed by atoms with Crippen LogP contribution in [0.15, 0.2) is 42.6 Å². The molecule has 0 spiro atoms. The molecule has 1 amide bonds. The number of carbonyl (C=O) groups excluding carboxylic acids is 4. The number of hydrogen-bond acceptors (Lipinski definition) is 17. The van der Waals surface area contributed by atoms with Crippen LogP contribution < -0.4 is 5.32 Å². The van der Waals surface area contributed by atoms with Gasteiger partial charge in [-0.05, 0) is 97.3 Å². The zero-order chi connectivity index (χ0) is 50.6. The summed E-state index contributed by atoms with van der Waals surface area (Å²) in [7, 11) is 6.84. The first kappa shape index (κ1) is 56.0. The number of para-hydroxylation sites is 1. The van der Waals surface area contributed by atoms with Crippen LogP contribution in [-0.4, -0.2) is 181 Å². The standard InChI is InChI=1S/C51H78N4O14/c1-11-41(59)66-39-27-40(58)53-35(17-15-16-33-20-23-52-37-19-14-13-18-36(33)37)21-24-55(9)29-38(57)30(3)26-34(22-25-56)47(48(39)63-10)69-50-45(61)44(54(7)8)46(31(4)65-50)68-43-28-51(6,62)49(32(5)64-43)67-42(60)12-2/h13-16,18-20,23,25,30-32,34-35,38-39,43-50,57,61-62H,11-12,17,21-22,24,26-29H2,1-10H3,(H,53,58)/b16-15+/t30-,31?,32?,34+,35?,38+,39-,43+,44?,45?,46+,47+,48+,49+,50+,51?/m1/s1. The molecule has 1 aromatic carbocycles. The minimum Gasteiger partial charge on any atom is -0.459 e. The van der Waals surface area contributed by atoms with Crippen molar-refractivity contribution >= 4 is 41.1 Å². The summed E-state index contributed by atoms with van der Waals surface area (Å²) in [5, 5.41) is 39.5. The van der Waals surface area contributed by atoms with Gasteiger partial charge in [0.1, 0.15) is 36.3 Å². The predicted octanol–water partition coefficient (Wildman–Crippen LogP) is 3.79. The number of aliphatic hydroxyl groups excluding tert-OH is 2. The maximum absolute atomic E-state index is 14.2. The number of rotatable bonds is 15. The maximum Gasteiger partial charge on any atom is 0.305 e. The molecule has 0 bridgehead atoms. The van der Waals surface area contributed by atoms with Gasteiger partial charge in [0.15, 0.2) is 18.7 Å². The molecule has 3 aliphatic heterocycles. The molecule has 18 nitrogen and oxygen atoms in total. The number of methoxy groups -OCH3 is 1. The number of carbonyl (C=O) groups is 4. The minimum absolute atomic E-state index is 0.00183. The molecule has 69 heavy (non-hydrogen) atoms. The number of aldehydes is 1. The summed E-state index contributed by atoms with van der Waals surface area (Å²) >= 11 is 0. The average Bonchev–Trinajstić information content (AvgIpc) is 3.29. The molecule has 16 atom stereocenters. The first-order chi connectivity index (χ1) is 32.8. The maximum atomic E-state index is 14.2. The number of likely N-dealkylation sites (N-methyl/N-ethyl adjacent to an activating group) is 2. The van der Waals surface area contributed by atoms with Crippen molar-refractivity contribution in [2.24, 2.45) is 11.8 Å². The third-order valence-electron chi connectivity index (χ3n) is 13.7. The van der Waals surface area contributed by atoms with Crippen LogP contribution in [-0.2, 0) is 52.3 Å². The fourth-order valence-corrected chi connectivity index (χ4v) is 9.94. The number of fused-ring (bicyclic) bond motifs is 1. The van der Waals surface area contributed by atoms with Gasteiger partial charge < -0.3 is 68.4 Å². The summed E-state index contributed by atoms with van der Waals surface area (Å²) in [5.74, 6) is -2.52. The van der Waals surface area contributed by atoms with Crippen molar-refractivity contribution < 1.29 is 67.7 Å². The number of pyridine rings is 1. The van der Waals surface area contributed by atoms with E-state index < -0.39 is 103 Å². The Balaban J connectivity index is 1.45. The predicted molar refractivity (Wildman–Crippen MR) is 256 cm³/mol. The monoisotopic (exact) mass is 971 g/mol. The Bertz CT molecular complexity index is 2000. The molecule has 386 valence electrons. The van der Waals surface area contributed by atoms with Gasteiger partial charge in [0.25, 0.3) is 0 Å². The number of esters is 2. The average molecular weight is 971 g/mol. The molecule has 0 aliphatic carbocycles. The lowest BCUT2D eigenvalue weighted by molar-refractivity contribution is -0.344. The molecule has 4 N–H and O–H groups in total. The van der Waals surface area contributed by atoms with Crippen molar-refractivity contribution in [2.75, 3.05) is 41.3 Å². The SMILES string of the molecule is CCC(=O)O[C@@H]1CC(=O)NC(C/C=C/c2ccnc3ccccc23)CCN(C)C[C@H](O)[C@H](C)C[C@H](CC=O)[C@H](O[C@@H]2OC(C)[C@H](O[C@H]3CC(C)(O)[C@@H](OC(=O)CC)C(C)O3)C(N(C)C)C2O)[C@H]1OC. The van der Waals surface area contributed by atoms with Gasteiger partial charge in [0.2, 0.25) is 5.91 Å². The molecule has 18 heteroatoms. The number of β-amino-alcohol motifs (C(OH)–C–C–N with tert-alkyl or cyclic N) is 1. The van der Waals surface area contributed by atoms with Gasteiger partial charge >= 0.3 is 11.9 Å². The van der Waals surface area contributed by atoms with E-state index in [4.69, 9.17) is 33.2 Å². The van der Waals surface area contributed by atoms with Crippen LogP contribution in [0.4, 0.5) is 0 Å². The van der Waals surface area contributed by atoms with Crippen molar-refractivity contribution in [3.8, 4) is 0 Å². The van der Waals surface area contributed by atoms with Crippen LogP contribution in [0.25, 0.3) is 17.0 Å². The van der Waals surface area contributed by atoms with Gasteiger partial charge in [0, 0.05) is 57.0 Å². The van der Waals surface area contributed by atoms with E-state index in [1.807, 2.05) is 61.4 Å². The summed E-state index contributed by atoms with van der Waals surface area (Å²) in [6.45, 7) is 11.0. The van der Waals surface area contributed by atoms with Crippen molar-refractivity contribution in [1.29, 1.82) is 0 Å². The second kappa shape index (κ2) is 26.0. The molecule has 2 aromatic rings. The van der Waals surface area contributed by atoms with Gasteiger partial charge in [-0.2, -0.15) is 0 Å². The van der Waals surface area contributed by atoms with Crippen LogP contribution in [0.3, 0.4) is 0 Å². The Morgan fingerprint density at radius 1 is 0.986 bits per heavy atom. The first-order valence-electron chi connectivity index (χ1n) is 24.5. The number of aromatic nitrogens is 1. The highest BCUT2D eigenvalue weighted by Crippen LogP contribution is 2.38. The molecule has 3 fully saturated rings. The summed E-state index contributed by atoms with van der Waals surface area (Å²) in [6.07, 6.45) is -3.84. The van der Waals surface area contributed by atoms with E-state index in [2.05, 4.69) is 10.3 Å². The zero-order valence-electron chi connectivity index (χ0n) is 42.1. The number of nitrogens with one attached hydrogen (secondary N) is 1. The van der Waals surface area contributed by atoms with E-state index >= 15 is 0 Å². The van der Waals surface area contributed by atoms with Crippen LogP contribution >= 0.6 is 0 Å². The highest BCUT2D eigenvalue weighted by Gasteiger charge is 2.53. The van der Waals surface area contributed by atoms with E-state index in [1.165, 1.54) is 7.11 Å². The van der Waals surface area contributed by atoms with Crippen molar-refractivity contribution in [1.82, 2.24) is 20.1 Å². The van der Waals surface area contributed by atoms with Crippen LogP contribution in [0, 0.1) is 11.8 Å². The largest absolute Gasteiger partial charge is 0.459 e. The number of amides is 1. The fraction of sp³-hybridized carbons (Fsp3) is 0.706. The lowest BCUT2D eigenvalue weighted by Gasteiger charge is -2.50. The molecule has 3 saturated heterocycles. The van der Waals surface area contributed by atoms with Crippen LogP contribution in [0.5, 0.6) is 0 Å². The number of benzene rings is 1. The summed E-state index contributed by atoms with van der Waals surface area (Å²) in [5.41, 5.74) is 0.353. The first-order valence-corrected chi connectivity index (χ1v) is 24.5. The summed E-state index contributed by atoms with van der Waals surface area (Å²) in [4.78, 5) is 60.5. The van der Waals surface area contributed by atoms with Crippen LogP contribution in [0.2, 0.25) is 0 Å². The number of hydrogen-bond donors (Lipinski definition) is 4. The molecule has 3 aliphatic rings. The number of ether oxygens (including phenoxy) is 7. The molecule has 1 aromatic heterocycles. The van der Waals surface area contributed by atoms with Crippen LogP contribution in [0.1, 0.15) is 98.5 Å². The molecule has 5 rings (SSSR count). The van der Waals surface area contributed by atoms with Crippen molar-refractivity contribution in [3.63, 3.8) is 0 Å².